The molecule has 2 saturated heterocycles. The van der Waals surface area contributed by atoms with Crippen molar-refractivity contribution >= 4 is 75.9 Å². The summed E-state index contributed by atoms with van der Waals surface area (Å²) < 4.78 is 22.4. The first kappa shape index (κ1) is 86.4. The van der Waals surface area contributed by atoms with Crippen molar-refractivity contribution in [2.24, 2.45) is 22.2 Å². The molecule has 2 aliphatic heterocycles. The normalized spacial score (nSPS) is 20.0. The summed E-state index contributed by atoms with van der Waals surface area (Å²) in [6.07, 6.45) is 18.3. The Morgan fingerprint density at radius 1 is 0.625 bits per heavy atom. The smallest absolute Gasteiger partial charge is 0.245 e. The Bertz CT molecular complexity index is 3100. The highest BCUT2D eigenvalue weighted by atomic mass is 16.6. The molecule has 10 amide bonds. The van der Waals surface area contributed by atoms with Gasteiger partial charge in [-0.25, -0.2) is 0 Å². The largest absolute Gasteiger partial charge is 0.391 e. The van der Waals surface area contributed by atoms with Crippen LogP contribution in [-0.2, 0) is 79.7 Å². The van der Waals surface area contributed by atoms with Gasteiger partial charge in [-0.05, 0) is 68.6 Å². The van der Waals surface area contributed by atoms with Crippen LogP contribution in [0.3, 0.4) is 0 Å². The molecule has 2 aliphatic rings. The van der Waals surface area contributed by atoms with Gasteiger partial charge >= 0.3 is 0 Å². The number of nitrogens with two attached hydrogens (primary N) is 3. The summed E-state index contributed by atoms with van der Waals surface area (Å²) in [6.45, 7) is 6.52. The van der Waals surface area contributed by atoms with Crippen molar-refractivity contribution in [2.75, 3.05) is 79.0 Å². The number of hydrogen-bond acceptors (Lipinski definition) is 16. The molecule has 2 fully saturated rings. The van der Waals surface area contributed by atoms with Crippen molar-refractivity contribution < 1.29 is 72.0 Å². The Morgan fingerprint density at radius 2 is 1.21 bits per heavy atom. The van der Waals surface area contributed by atoms with Crippen molar-refractivity contribution in [1.82, 2.24) is 52.4 Å². The number of rotatable bonds is 44. The number of benzene rings is 2. The minimum atomic E-state index is -1.47. The van der Waals surface area contributed by atoms with Gasteiger partial charge in [0.05, 0.1) is 59.0 Å². The second kappa shape index (κ2) is 51.0. The van der Waals surface area contributed by atoms with Gasteiger partial charge in [0.2, 0.25) is 59.1 Å². The number of aliphatic hydroxyl groups is 1. The third-order valence-corrected chi connectivity index (χ3v) is 18.4. The van der Waals surface area contributed by atoms with E-state index in [9.17, 15) is 53.1 Å². The van der Waals surface area contributed by atoms with E-state index in [1.54, 1.807) is 36.5 Å². The number of amides is 10. The first-order valence-electron chi connectivity index (χ1n) is 37.9. The van der Waals surface area contributed by atoms with E-state index >= 15 is 0 Å². The maximum Gasteiger partial charge on any atom is 0.245 e. The Balaban J connectivity index is 1.17. The predicted molar refractivity (Wildman–Crippen MR) is 396 cm³/mol. The van der Waals surface area contributed by atoms with Crippen molar-refractivity contribution in [1.29, 1.82) is 0 Å². The quantitative estimate of drug-likeness (QED) is 0.0218. The molecular weight excluding hydrogens is 1340 g/mol. The Morgan fingerprint density at radius 3 is 1.88 bits per heavy atom. The predicted octanol–water partition coefficient (Wildman–Crippen LogP) is 3.69. The van der Waals surface area contributed by atoms with Crippen LogP contribution >= 0.6 is 0 Å². The lowest BCUT2D eigenvalue weighted by atomic mass is 10.0. The van der Waals surface area contributed by atoms with Crippen molar-refractivity contribution in [3.05, 3.63) is 71.9 Å². The number of nitrogens with zero attached hydrogens (tertiary/aromatic N) is 2. The highest BCUT2D eigenvalue weighted by Crippen LogP contribution is 2.23. The summed E-state index contributed by atoms with van der Waals surface area (Å²) in [5, 5.41) is 34.3. The van der Waals surface area contributed by atoms with Crippen LogP contribution in [0.25, 0.3) is 10.9 Å². The van der Waals surface area contributed by atoms with Crippen LogP contribution in [0.2, 0.25) is 0 Å². The van der Waals surface area contributed by atoms with Gasteiger partial charge in [-0.3, -0.25) is 52.9 Å². The maximum atomic E-state index is 15.0. The van der Waals surface area contributed by atoms with Crippen molar-refractivity contribution in [3.8, 4) is 0 Å². The molecule has 29 nitrogen and oxygen atoms in total. The van der Waals surface area contributed by atoms with E-state index in [2.05, 4.69) is 59.4 Å². The first-order valence-corrected chi connectivity index (χ1v) is 37.9. The fourth-order valence-electron chi connectivity index (χ4n) is 12.6. The Hall–Kier alpha value is -8.25. The molecule has 3 heterocycles. The van der Waals surface area contributed by atoms with Gasteiger partial charge in [-0.2, -0.15) is 0 Å². The molecule has 0 bridgehead atoms. The molecule has 580 valence electrons. The molecule has 0 aliphatic carbocycles. The highest BCUT2D eigenvalue weighted by molar-refractivity contribution is 5.98. The molecule has 29 heteroatoms. The zero-order chi connectivity index (χ0) is 75.1. The number of aromatic nitrogens is 1. The second-order valence-corrected chi connectivity index (χ2v) is 27.0. The van der Waals surface area contributed by atoms with Crippen LogP contribution < -0.4 is 59.7 Å². The molecule has 16 N–H and O–H groups in total. The standard InChI is InChI=1S/C75H120N14O15/c1-3-5-7-8-9-10-11-12-13-14-15-16-20-33-65(91)80-39-41-102-43-45-104-47-46-103-44-42-101-40-36-67(93)83-59(29-6-4-2)69(95)86-61-34-35-66(92)79-37-24-23-31-58(68(76)94)84-72(98)63(49-54-51-82-57-30-22-21-28-56(54)57)87-70(96)60(32-25-38-81-75(77)78)85-71(97)62(48-53-26-18-17-19-27-53)88-73(99)64-50-55(90)52-89(64)74(61)100/h17-19,21-22,26-28,30,51,55,58-64,82,90H,3-16,20,23-25,29,31-50,52H2,1-2H3,(H2,76,94)(H,79,92)(H,80,91)(H,83,93)(H,84,98)(H,85,97)(H,86,95)(H,87,96)(H,88,99)(H4,77,78,81)/t55-,58+,59+,60+,61+,62-,63+,64+/m1/s1. The molecule has 104 heavy (non-hydrogen) atoms. The zero-order valence-corrected chi connectivity index (χ0v) is 61.5. The van der Waals surface area contributed by atoms with Crippen LogP contribution in [0, 0.1) is 0 Å². The number of para-hydroxylation sites is 1. The molecule has 0 spiro atoms. The lowest BCUT2D eigenvalue weighted by Crippen LogP contribution is -2.60. The lowest BCUT2D eigenvalue weighted by molar-refractivity contribution is -0.143. The van der Waals surface area contributed by atoms with Gasteiger partial charge in [0, 0.05) is 81.8 Å². The summed E-state index contributed by atoms with van der Waals surface area (Å²) in [4.78, 5) is 149. The molecule has 1 aromatic heterocycles. The van der Waals surface area contributed by atoms with Gasteiger partial charge in [0.15, 0.2) is 5.96 Å². The number of carbonyl (C=O) groups excluding carboxylic acids is 10. The second-order valence-electron chi connectivity index (χ2n) is 27.0. The van der Waals surface area contributed by atoms with E-state index < -0.39 is 102 Å². The molecule has 5 rings (SSSR count). The van der Waals surface area contributed by atoms with Gasteiger partial charge < -0.3 is 93.7 Å². The molecular formula is C75H120N14O15. The first-order chi connectivity index (χ1) is 50.4. The summed E-state index contributed by atoms with van der Waals surface area (Å²) >= 11 is 0. The van der Waals surface area contributed by atoms with E-state index in [0.717, 1.165) is 28.6 Å². The van der Waals surface area contributed by atoms with Crippen LogP contribution in [0.15, 0.2) is 65.8 Å². The number of aliphatic hydroxyl groups excluding tert-OH is 1. The Kier molecular flexibility index (Phi) is 42.4. The van der Waals surface area contributed by atoms with Crippen molar-refractivity contribution in [2.45, 2.75) is 242 Å². The number of ether oxygens (including phenoxy) is 4. The number of guanidine groups is 1. The fourth-order valence-corrected chi connectivity index (χ4v) is 12.6. The minimum absolute atomic E-state index is 0.00228. The van der Waals surface area contributed by atoms with E-state index in [1.807, 2.05) is 31.2 Å². The van der Waals surface area contributed by atoms with E-state index in [0.29, 0.717) is 76.4 Å². The number of carbonyl (C=O) groups is 10. The minimum Gasteiger partial charge on any atom is -0.391 e. The number of hydrogen-bond donors (Lipinski definition) is 13. The topological polar surface area (TPSA) is 434 Å². The van der Waals surface area contributed by atoms with Crippen LogP contribution in [-0.4, -0.2) is 207 Å². The van der Waals surface area contributed by atoms with E-state index in [-0.39, 0.29) is 122 Å². The number of fused-ring (bicyclic) bond motifs is 2. The summed E-state index contributed by atoms with van der Waals surface area (Å²) in [6, 6.07) is 6.65. The fraction of sp³-hybridized carbons (Fsp3) is 0.667. The number of nitrogens with one attached hydrogen (secondary N) is 9. The SMILES string of the molecule is CCCCCCCCCCCCCCCC(=O)NCCOCCOCCOCCOCCC(=O)N[C@@H](CCCC)C(=O)N[C@H]1CCC(=O)NCCCC[C@@H](C(N)=O)NC(=O)[C@H](Cc2c[nH]c3ccccc23)NC(=O)[C@H](CCCN=C(N)N)NC(=O)[C@@H](Cc2ccccc2)NC(=O)[C@@H]2C[C@@H](O)CN2C1=O. The maximum absolute atomic E-state index is 15.0. The van der Waals surface area contributed by atoms with Gasteiger partial charge in [0.25, 0.3) is 0 Å². The van der Waals surface area contributed by atoms with Gasteiger partial charge in [0.1, 0.15) is 42.3 Å². The summed E-state index contributed by atoms with van der Waals surface area (Å²) in [5.74, 6) is -6.83. The van der Waals surface area contributed by atoms with Crippen LogP contribution in [0.4, 0.5) is 0 Å². The van der Waals surface area contributed by atoms with Crippen LogP contribution in [0.5, 0.6) is 0 Å². The number of aromatic amines is 1. The van der Waals surface area contributed by atoms with E-state index in [1.165, 1.54) is 70.6 Å². The summed E-state index contributed by atoms with van der Waals surface area (Å²) in [7, 11) is 0. The zero-order valence-electron chi connectivity index (χ0n) is 61.5. The molecule has 0 unspecified atom stereocenters. The van der Waals surface area contributed by atoms with Gasteiger partial charge in [-0.1, -0.05) is 152 Å². The summed E-state index contributed by atoms with van der Waals surface area (Å²) in [5.41, 5.74) is 19.1. The third kappa shape index (κ3) is 34.6. The van der Waals surface area contributed by atoms with Gasteiger partial charge in [-0.15, -0.1) is 0 Å². The van der Waals surface area contributed by atoms with E-state index in [4.69, 9.17) is 36.1 Å². The average Bonchev–Trinajstić information content (AvgIpc) is 1.38. The highest BCUT2D eigenvalue weighted by Gasteiger charge is 2.43. The lowest BCUT2D eigenvalue weighted by Gasteiger charge is -2.31. The van der Waals surface area contributed by atoms with Crippen LogP contribution in [0.1, 0.15) is 192 Å². The Labute approximate surface area is 613 Å². The molecule has 0 saturated carbocycles. The molecule has 2 aromatic carbocycles. The third-order valence-electron chi connectivity index (χ3n) is 18.4. The average molecular weight is 1460 g/mol. The monoisotopic (exact) mass is 1460 g/mol. The number of primary amides is 1. The molecule has 3 aromatic rings. The number of aliphatic imine (C=N–C) groups is 1. The van der Waals surface area contributed by atoms with Crippen molar-refractivity contribution in [3.63, 3.8) is 0 Å². The molecule has 8 atom stereocenters. The number of H-pyrrole nitrogens is 1. The molecule has 0 radical (unpaired) electrons. The number of unbranched alkanes of at least 4 members (excludes halogenated alkanes) is 13.